The van der Waals surface area contributed by atoms with E-state index in [1.165, 1.54) is 0 Å². The first-order valence-corrected chi connectivity index (χ1v) is 8.71. The van der Waals surface area contributed by atoms with Crippen molar-refractivity contribution < 1.29 is 19.0 Å². The maximum atomic E-state index is 13.3. The Hall–Kier alpha value is -1.55. The van der Waals surface area contributed by atoms with Gasteiger partial charge in [0.15, 0.2) is 11.5 Å². The van der Waals surface area contributed by atoms with Crippen molar-refractivity contribution in [1.82, 2.24) is 0 Å². The molecule has 1 heterocycles. The minimum Gasteiger partial charge on any atom is -0.454 e. The molecule has 0 spiro atoms. The third-order valence-corrected chi connectivity index (χ3v) is 6.00. The van der Waals surface area contributed by atoms with Crippen molar-refractivity contribution >= 4 is 5.78 Å². The quantitative estimate of drug-likeness (QED) is 0.836. The molecule has 0 bridgehead atoms. The highest BCUT2D eigenvalue weighted by Gasteiger charge is 2.52. The zero-order valence-corrected chi connectivity index (χ0v) is 13.7. The van der Waals surface area contributed by atoms with E-state index in [1.807, 2.05) is 12.1 Å². The normalized spacial score (nSPS) is 33.2. The fourth-order valence-corrected chi connectivity index (χ4v) is 4.86. The van der Waals surface area contributed by atoms with E-state index < -0.39 is 5.41 Å². The maximum Gasteiger partial charge on any atom is 0.231 e. The molecule has 1 aromatic carbocycles. The SMILES string of the molecule is CO[C@H]1CC[C@@H]2CCCCC(=O)[C@]2(c2cccc3c2OCO3)C1. The van der Waals surface area contributed by atoms with Gasteiger partial charge in [-0.05, 0) is 44.1 Å². The van der Waals surface area contributed by atoms with Gasteiger partial charge in [0.25, 0.3) is 0 Å². The van der Waals surface area contributed by atoms with E-state index in [0.29, 0.717) is 18.1 Å². The summed E-state index contributed by atoms with van der Waals surface area (Å²) in [6.45, 7) is 0.245. The number of carbonyl (C=O) groups is 1. The monoisotopic (exact) mass is 316 g/mol. The lowest BCUT2D eigenvalue weighted by molar-refractivity contribution is -0.130. The Bertz CT molecular complexity index is 611. The van der Waals surface area contributed by atoms with Crippen molar-refractivity contribution in [1.29, 1.82) is 0 Å². The summed E-state index contributed by atoms with van der Waals surface area (Å²) in [5, 5.41) is 0. The molecule has 0 unspecified atom stereocenters. The third-order valence-electron chi connectivity index (χ3n) is 6.00. The molecular formula is C19H24O4. The van der Waals surface area contributed by atoms with E-state index in [1.54, 1.807) is 7.11 Å². The topological polar surface area (TPSA) is 44.8 Å². The number of ketones is 1. The molecule has 3 aliphatic rings. The molecule has 4 rings (SSSR count). The zero-order valence-electron chi connectivity index (χ0n) is 13.7. The van der Waals surface area contributed by atoms with Crippen LogP contribution in [0.15, 0.2) is 18.2 Å². The standard InChI is InChI=1S/C19H24O4/c1-21-14-10-9-13-5-2-3-8-17(20)19(13,11-14)15-6-4-7-16-18(15)23-12-22-16/h4,6-7,13-14H,2-3,5,8-12H2,1H3/t13-,14-,19+/m0/s1. The van der Waals surface area contributed by atoms with Gasteiger partial charge in [0, 0.05) is 19.1 Å². The molecule has 0 radical (unpaired) electrons. The second-order valence-corrected chi connectivity index (χ2v) is 7.02. The van der Waals surface area contributed by atoms with Crippen LogP contribution in [-0.2, 0) is 14.9 Å². The minimum atomic E-state index is -0.464. The first-order chi connectivity index (χ1) is 11.3. The molecule has 0 amide bonds. The second kappa shape index (κ2) is 5.82. The van der Waals surface area contributed by atoms with Crippen LogP contribution >= 0.6 is 0 Å². The van der Waals surface area contributed by atoms with Crippen molar-refractivity contribution in [2.24, 2.45) is 5.92 Å². The molecule has 0 saturated heterocycles. The highest BCUT2D eigenvalue weighted by molar-refractivity contribution is 5.92. The van der Waals surface area contributed by atoms with Gasteiger partial charge in [-0.15, -0.1) is 0 Å². The molecule has 4 heteroatoms. The van der Waals surface area contributed by atoms with Crippen LogP contribution in [0.1, 0.15) is 50.5 Å². The van der Waals surface area contributed by atoms with Gasteiger partial charge in [-0.1, -0.05) is 18.6 Å². The number of fused-ring (bicyclic) bond motifs is 2. The van der Waals surface area contributed by atoms with E-state index >= 15 is 0 Å². The number of hydrogen-bond acceptors (Lipinski definition) is 4. The molecule has 3 atom stereocenters. The van der Waals surface area contributed by atoms with Crippen LogP contribution in [0.2, 0.25) is 0 Å². The Labute approximate surface area is 137 Å². The summed E-state index contributed by atoms with van der Waals surface area (Å²) in [6, 6.07) is 5.99. The zero-order chi connectivity index (χ0) is 15.9. The second-order valence-electron chi connectivity index (χ2n) is 7.02. The number of ether oxygens (including phenoxy) is 3. The predicted molar refractivity (Wildman–Crippen MR) is 85.9 cm³/mol. The van der Waals surface area contributed by atoms with Gasteiger partial charge >= 0.3 is 0 Å². The summed E-state index contributed by atoms with van der Waals surface area (Å²) < 4.78 is 17.0. The smallest absolute Gasteiger partial charge is 0.231 e. The van der Waals surface area contributed by atoms with Gasteiger partial charge < -0.3 is 14.2 Å². The summed E-state index contributed by atoms with van der Waals surface area (Å²) in [5.41, 5.74) is 0.570. The summed E-state index contributed by atoms with van der Waals surface area (Å²) >= 11 is 0. The molecule has 0 N–H and O–H groups in total. The number of benzene rings is 1. The van der Waals surface area contributed by atoms with E-state index in [4.69, 9.17) is 14.2 Å². The van der Waals surface area contributed by atoms with Gasteiger partial charge in [-0.3, -0.25) is 4.79 Å². The average molecular weight is 316 g/mol. The lowest BCUT2D eigenvalue weighted by atomic mass is 9.58. The van der Waals surface area contributed by atoms with Crippen LogP contribution in [0, 0.1) is 5.92 Å². The predicted octanol–water partition coefficient (Wildman–Crippen LogP) is 3.61. The summed E-state index contributed by atoms with van der Waals surface area (Å²) in [5.74, 6) is 2.31. The van der Waals surface area contributed by atoms with Crippen LogP contribution in [0.3, 0.4) is 0 Å². The Kier molecular flexibility index (Phi) is 3.80. The van der Waals surface area contributed by atoms with Gasteiger partial charge in [0.05, 0.1) is 11.5 Å². The molecular weight excluding hydrogens is 292 g/mol. The Morgan fingerprint density at radius 2 is 2.09 bits per heavy atom. The first-order valence-electron chi connectivity index (χ1n) is 8.71. The molecule has 2 saturated carbocycles. The van der Waals surface area contributed by atoms with Gasteiger partial charge in [-0.25, -0.2) is 0 Å². The van der Waals surface area contributed by atoms with Crippen LogP contribution < -0.4 is 9.47 Å². The van der Waals surface area contributed by atoms with Crippen molar-refractivity contribution in [2.45, 2.75) is 56.5 Å². The van der Waals surface area contributed by atoms with Crippen LogP contribution in [0.4, 0.5) is 0 Å². The van der Waals surface area contributed by atoms with E-state index in [2.05, 4.69) is 6.07 Å². The van der Waals surface area contributed by atoms with E-state index in [0.717, 1.165) is 55.6 Å². The highest BCUT2D eigenvalue weighted by Crippen LogP contribution is 2.54. The van der Waals surface area contributed by atoms with Crippen LogP contribution in [0.5, 0.6) is 11.5 Å². The maximum absolute atomic E-state index is 13.3. The van der Waals surface area contributed by atoms with Gasteiger partial charge in [-0.2, -0.15) is 0 Å². The van der Waals surface area contributed by atoms with Gasteiger partial charge in [0.2, 0.25) is 6.79 Å². The molecule has 2 fully saturated rings. The molecule has 1 aromatic rings. The van der Waals surface area contributed by atoms with Crippen molar-refractivity contribution in [2.75, 3.05) is 13.9 Å². The minimum absolute atomic E-state index is 0.145. The summed E-state index contributed by atoms with van der Waals surface area (Å²) in [6.07, 6.45) is 6.93. The fourth-order valence-electron chi connectivity index (χ4n) is 4.86. The molecule has 124 valence electrons. The highest BCUT2D eigenvalue weighted by atomic mass is 16.7. The number of hydrogen-bond donors (Lipinski definition) is 0. The Balaban J connectivity index is 1.87. The van der Waals surface area contributed by atoms with Crippen molar-refractivity contribution in [3.8, 4) is 11.5 Å². The fraction of sp³-hybridized carbons (Fsp3) is 0.632. The van der Waals surface area contributed by atoms with Crippen LogP contribution in [-0.4, -0.2) is 25.8 Å². The molecule has 4 nitrogen and oxygen atoms in total. The molecule has 0 aromatic heterocycles. The molecule has 23 heavy (non-hydrogen) atoms. The largest absolute Gasteiger partial charge is 0.454 e. The number of para-hydroxylation sites is 1. The summed E-state index contributed by atoms with van der Waals surface area (Å²) in [7, 11) is 1.76. The lowest BCUT2D eigenvalue weighted by Gasteiger charge is -2.45. The number of Topliss-reactive ketones (excluding diaryl/α,β-unsaturated/α-hetero) is 1. The van der Waals surface area contributed by atoms with E-state index in [9.17, 15) is 4.79 Å². The third kappa shape index (κ3) is 2.26. The van der Waals surface area contributed by atoms with Gasteiger partial charge in [0.1, 0.15) is 5.78 Å². The van der Waals surface area contributed by atoms with Crippen LogP contribution in [0.25, 0.3) is 0 Å². The lowest BCUT2D eigenvalue weighted by Crippen LogP contribution is -2.48. The Morgan fingerprint density at radius 3 is 2.96 bits per heavy atom. The molecule has 2 aliphatic carbocycles. The summed E-state index contributed by atoms with van der Waals surface area (Å²) in [4.78, 5) is 13.3. The molecule has 1 aliphatic heterocycles. The number of carbonyl (C=O) groups excluding carboxylic acids is 1. The average Bonchev–Trinajstić information content (AvgIpc) is 3.00. The van der Waals surface area contributed by atoms with Crippen molar-refractivity contribution in [3.63, 3.8) is 0 Å². The number of rotatable bonds is 2. The van der Waals surface area contributed by atoms with Crippen molar-refractivity contribution in [3.05, 3.63) is 23.8 Å². The Morgan fingerprint density at radius 1 is 1.17 bits per heavy atom. The number of methoxy groups -OCH3 is 1. The van der Waals surface area contributed by atoms with E-state index in [-0.39, 0.29) is 12.9 Å². The first kappa shape index (κ1) is 15.0.